The van der Waals surface area contributed by atoms with Gasteiger partial charge in [-0.1, -0.05) is 64.0 Å². The van der Waals surface area contributed by atoms with Crippen molar-refractivity contribution in [3.8, 4) is 5.75 Å². The minimum atomic E-state index is -0.707. The molecule has 2 aromatic rings. The Hall–Kier alpha value is -2.21. The maximum Gasteiger partial charge on any atom is 0.344 e. The standard InChI is InChI=1S/C24H28BrFO4/c1-2-3-4-5-6-7-8-11-16-29-23(27)19-12-9-10-13-20(19)24(28)30-22-15-14-18(26)17-21(22)25/h9-10,12-15,17H,2-8,11,16H2,1H3. The molecule has 2 rings (SSSR count). The Labute approximate surface area is 185 Å². The lowest BCUT2D eigenvalue weighted by Gasteiger charge is -2.10. The van der Waals surface area contributed by atoms with Gasteiger partial charge in [0.05, 0.1) is 22.2 Å². The van der Waals surface area contributed by atoms with Gasteiger partial charge in [0.15, 0.2) is 0 Å². The largest absolute Gasteiger partial charge is 0.462 e. The third-order valence-corrected chi connectivity index (χ3v) is 5.31. The summed E-state index contributed by atoms with van der Waals surface area (Å²) in [7, 11) is 0. The summed E-state index contributed by atoms with van der Waals surface area (Å²) in [6, 6.07) is 10.1. The van der Waals surface area contributed by atoms with Crippen LogP contribution >= 0.6 is 15.9 Å². The number of hydrogen-bond acceptors (Lipinski definition) is 4. The van der Waals surface area contributed by atoms with Gasteiger partial charge in [-0.25, -0.2) is 14.0 Å². The highest BCUT2D eigenvalue weighted by atomic mass is 79.9. The van der Waals surface area contributed by atoms with Crippen LogP contribution in [0.1, 0.15) is 79.0 Å². The fourth-order valence-corrected chi connectivity index (χ4v) is 3.46. The maximum atomic E-state index is 13.2. The molecule has 0 saturated heterocycles. The number of carbonyl (C=O) groups is 2. The van der Waals surface area contributed by atoms with Crippen molar-refractivity contribution in [3.63, 3.8) is 0 Å². The summed E-state index contributed by atoms with van der Waals surface area (Å²) in [5, 5.41) is 0. The Morgan fingerprint density at radius 1 is 0.867 bits per heavy atom. The second-order valence-electron chi connectivity index (χ2n) is 7.12. The first kappa shape index (κ1) is 24.1. The summed E-state index contributed by atoms with van der Waals surface area (Å²) in [6.45, 7) is 2.52. The SMILES string of the molecule is CCCCCCCCCCOC(=O)c1ccccc1C(=O)Oc1ccc(F)cc1Br. The molecular formula is C24H28BrFO4. The van der Waals surface area contributed by atoms with Crippen molar-refractivity contribution in [1.82, 2.24) is 0 Å². The maximum absolute atomic E-state index is 13.2. The predicted molar refractivity (Wildman–Crippen MR) is 118 cm³/mol. The molecule has 0 aliphatic carbocycles. The van der Waals surface area contributed by atoms with Crippen LogP contribution in [0.4, 0.5) is 4.39 Å². The Bertz CT molecular complexity index is 838. The van der Waals surface area contributed by atoms with Gasteiger partial charge in [0.1, 0.15) is 11.6 Å². The Morgan fingerprint density at radius 3 is 2.10 bits per heavy atom. The quantitative estimate of drug-likeness (QED) is 0.185. The molecule has 0 amide bonds. The van der Waals surface area contributed by atoms with Gasteiger partial charge in [-0.2, -0.15) is 0 Å². The zero-order valence-electron chi connectivity index (χ0n) is 17.3. The zero-order valence-corrected chi connectivity index (χ0v) is 18.9. The molecule has 2 aromatic carbocycles. The van der Waals surface area contributed by atoms with Crippen LogP contribution in [0.5, 0.6) is 5.75 Å². The first-order chi connectivity index (χ1) is 14.5. The molecule has 0 atom stereocenters. The van der Waals surface area contributed by atoms with Crippen LogP contribution in [0, 0.1) is 5.82 Å². The monoisotopic (exact) mass is 478 g/mol. The van der Waals surface area contributed by atoms with Crippen LogP contribution in [0.15, 0.2) is 46.9 Å². The van der Waals surface area contributed by atoms with Crippen molar-refractivity contribution < 1.29 is 23.5 Å². The van der Waals surface area contributed by atoms with Crippen molar-refractivity contribution in [2.75, 3.05) is 6.61 Å². The van der Waals surface area contributed by atoms with Crippen LogP contribution in [0.2, 0.25) is 0 Å². The van der Waals surface area contributed by atoms with Gasteiger partial charge in [0.25, 0.3) is 0 Å². The fourth-order valence-electron chi connectivity index (χ4n) is 3.03. The Kier molecular flexibility index (Phi) is 10.6. The third-order valence-electron chi connectivity index (χ3n) is 4.69. The van der Waals surface area contributed by atoms with Gasteiger partial charge >= 0.3 is 11.9 Å². The van der Waals surface area contributed by atoms with Gasteiger partial charge in [0, 0.05) is 0 Å². The average Bonchev–Trinajstić information content (AvgIpc) is 2.74. The molecule has 4 nitrogen and oxygen atoms in total. The zero-order chi connectivity index (χ0) is 21.8. The van der Waals surface area contributed by atoms with E-state index in [4.69, 9.17) is 9.47 Å². The topological polar surface area (TPSA) is 52.6 Å². The molecule has 0 fully saturated rings. The van der Waals surface area contributed by atoms with E-state index >= 15 is 0 Å². The number of benzene rings is 2. The Balaban J connectivity index is 1.85. The molecule has 0 aliphatic heterocycles. The summed E-state index contributed by atoms with van der Waals surface area (Å²) >= 11 is 3.16. The fraction of sp³-hybridized carbons (Fsp3) is 0.417. The lowest BCUT2D eigenvalue weighted by molar-refractivity contribution is 0.0489. The summed E-state index contributed by atoms with van der Waals surface area (Å²) in [5.41, 5.74) is 0.259. The normalized spacial score (nSPS) is 10.6. The molecule has 0 aromatic heterocycles. The first-order valence-corrected chi connectivity index (χ1v) is 11.3. The van der Waals surface area contributed by atoms with Crippen molar-refractivity contribution >= 4 is 27.9 Å². The molecule has 0 N–H and O–H groups in total. The molecule has 6 heteroatoms. The number of ether oxygens (including phenoxy) is 2. The molecule has 30 heavy (non-hydrogen) atoms. The van der Waals surface area contributed by atoms with Gasteiger partial charge in [-0.3, -0.25) is 0 Å². The minimum Gasteiger partial charge on any atom is -0.462 e. The third kappa shape index (κ3) is 7.90. The minimum absolute atomic E-state index is 0.106. The number of esters is 2. The van der Waals surface area contributed by atoms with Crippen molar-refractivity contribution in [1.29, 1.82) is 0 Å². The van der Waals surface area contributed by atoms with Crippen molar-refractivity contribution in [2.24, 2.45) is 0 Å². The van der Waals surface area contributed by atoms with Crippen LogP contribution in [-0.2, 0) is 4.74 Å². The van der Waals surface area contributed by atoms with E-state index in [-0.39, 0.29) is 16.9 Å². The highest BCUT2D eigenvalue weighted by Gasteiger charge is 2.20. The van der Waals surface area contributed by atoms with Crippen LogP contribution < -0.4 is 4.74 Å². The second kappa shape index (κ2) is 13.2. The second-order valence-corrected chi connectivity index (χ2v) is 7.97. The number of carbonyl (C=O) groups excluding carboxylic acids is 2. The summed E-state index contributed by atoms with van der Waals surface area (Å²) in [6.07, 6.45) is 9.23. The highest BCUT2D eigenvalue weighted by molar-refractivity contribution is 9.10. The smallest absolute Gasteiger partial charge is 0.344 e. The molecule has 0 saturated carbocycles. The molecule has 0 spiro atoms. The number of halogens is 2. The summed E-state index contributed by atoms with van der Waals surface area (Å²) in [4.78, 5) is 25.0. The van der Waals surface area contributed by atoms with Gasteiger partial charge < -0.3 is 9.47 Å². The van der Waals surface area contributed by atoms with Crippen molar-refractivity contribution in [2.45, 2.75) is 58.3 Å². The molecule has 0 unspecified atom stereocenters. The first-order valence-electron chi connectivity index (χ1n) is 10.5. The van der Waals surface area contributed by atoms with Crippen LogP contribution in [0.3, 0.4) is 0 Å². The molecule has 0 bridgehead atoms. The van der Waals surface area contributed by atoms with Gasteiger partial charge in [-0.15, -0.1) is 0 Å². The predicted octanol–water partition coefficient (Wildman–Crippen LogP) is 7.10. The van der Waals surface area contributed by atoms with E-state index in [1.807, 2.05) is 0 Å². The van der Waals surface area contributed by atoms with Gasteiger partial charge in [-0.05, 0) is 52.7 Å². The van der Waals surface area contributed by atoms with E-state index in [0.717, 1.165) is 19.3 Å². The van der Waals surface area contributed by atoms with E-state index in [9.17, 15) is 14.0 Å². The highest BCUT2D eigenvalue weighted by Crippen LogP contribution is 2.26. The average molecular weight is 479 g/mol. The van der Waals surface area contributed by atoms with Crippen LogP contribution in [-0.4, -0.2) is 18.5 Å². The number of hydrogen-bond donors (Lipinski definition) is 0. The molecule has 162 valence electrons. The van der Waals surface area contributed by atoms with E-state index in [1.54, 1.807) is 12.1 Å². The number of unbranched alkanes of at least 4 members (excludes halogenated alkanes) is 7. The van der Waals surface area contributed by atoms with Gasteiger partial charge in [0.2, 0.25) is 0 Å². The van der Waals surface area contributed by atoms with E-state index < -0.39 is 17.8 Å². The van der Waals surface area contributed by atoms with Crippen molar-refractivity contribution in [3.05, 3.63) is 63.9 Å². The Morgan fingerprint density at radius 2 is 1.47 bits per heavy atom. The van der Waals surface area contributed by atoms with E-state index in [2.05, 4.69) is 22.9 Å². The molecule has 0 heterocycles. The van der Waals surface area contributed by atoms with E-state index in [0.29, 0.717) is 11.1 Å². The molecule has 0 radical (unpaired) electrons. The summed E-state index contributed by atoms with van der Waals surface area (Å²) < 4.78 is 24.2. The molecular weight excluding hydrogens is 451 g/mol. The lowest BCUT2D eigenvalue weighted by Crippen LogP contribution is -2.16. The lowest BCUT2D eigenvalue weighted by atomic mass is 10.1. The number of rotatable bonds is 12. The summed E-state index contributed by atoms with van der Waals surface area (Å²) in [5.74, 6) is -1.54. The van der Waals surface area contributed by atoms with E-state index in [1.165, 1.54) is 62.4 Å². The van der Waals surface area contributed by atoms with Crippen LogP contribution in [0.25, 0.3) is 0 Å². The molecule has 0 aliphatic rings.